The summed E-state index contributed by atoms with van der Waals surface area (Å²) >= 11 is 0. The fraction of sp³-hybridized carbons (Fsp3) is 0.944. The normalized spacial score (nSPS) is 26.3. The summed E-state index contributed by atoms with van der Waals surface area (Å²) in [5.74, 6) is 0.609. The number of ether oxygens (including phenoxy) is 1. The monoisotopic (exact) mass is 325 g/mol. The lowest BCUT2D eigenvalue weighted by Gasteiger charge is -2.24. The minimum Gasteiger partial charge on any atom is -0.444 e. The molecule has 23 heavy (non-hydrogen) atoms. The number of hydrogen-bond donors (Lipinski definition) is 1. The second-order valence-electron chi connectivity index (χ2n) is 8.40. The molecule has 0 aromatic carbocycles. The van der Waals surface area contributed by atoms with Crippen LogP contribution >= 0.6 is 0 Å². The number of likely N-dealkylation sites (tertiary alicyclic amines) is 2. The lowest BCUT2D eigenvalue weighted by Crippen LogP contribution is -2.37. The lowest BCUT2D eigenvalue weighted by molar-refractivity contribution is 0.0287. The van der Waals surface area contributed by atoms with Gasteiger partial charge in [-0.3, -0.25) is 4.90 Å². The maximum atomic E-state index is 12.1. The zero-order valence-electron chi connectivity index (χ0n) is 15.6. The Bertz CT molecular complexity index is 392. The topological polar surface area (TPSA) is 44.8 Å². The van der Waals surface area contributed by atoms with Crippen molar-refractivity contribution in [1.29, 1.82) is 0 Å². The Morgan fingerprint density at radius 1 is 1.22 bits per heavy atom. The predicted octanol–water partition coefficient (Wildman–Crippen LogP) is 2.71. The number of rotatable bonds is 5. The Morgan fingerprint density at radius 3 is 2.57 bits per heavy atom. The summed E-state index contributed by atoms with van der Waals surface area (Å²) in [4.78, 5) is 16.5. The minimum atomic E-state index is -0.401. The van der Waals surface area contributed by atoms with Gasteiger partial charge in [0.1, 0.15) is 5.60 Å². The molecule has 0 aromatic heterocycles. The molecule has 2 atom stereocenters. The molecule has 0 aromatic rings. The first-order valence-electron chi connectivity index (χ1n) is 9.20. The fourth-order valence-electron chi connectivity index (χ4n) is 3.48. The van der Waals surface area contributed by atoms with E-state index in [2.05, 4.69) is 24.1 Å². The van der Waals surface area contributed by atoms with Crippen LogP contribution in [0.2, 0.25) is 0 Å². The van der Waals surface area contributed by atoms with E-state index in [-0.39, 0.29) is 6.09 Å². The smallest absolute Gasteiger partial charge is 0.410 e. The molecule has 5 heteroatoms. The second kappa shape index (κ2) is 7.84. The van der Waals surface area contributed by atoms with Crippen LogP contribution in [0, 0.1) is 5.92 Å². The van der Waals surface area contributed by atoms with E-state index in [4.69, 9.17) is 4.74 Å². The Kier molecular flexibility index (Phi) is 6.32. The number of nitrogens with zero attached hydrogens (tertiary/aromatic N) is 2. The fourth-order valence-corrected chi connectivity index (χ4v) is 3.48. The average molecular weight is 325 g/mol. The maximum Gasteiger partial charge on any atom is 0.410 e. The summed E-state index contributed by atoms with van der Waals surface area (Å²) in [6.07, 6.45) is 3.35. The summed E-state index contributed by atoms with van der Waals surface area (Å²) in [5, 5.41) is 3.70. The summed E-state index contributed by atoms with van der Waals surface area (Å²) in [7, 11) is 0. The molecule has 2 saturated heterocycles. The van der Waals surface area contributed by atoms with Gasteiger partial charge in [-0.05, 0) is 72.9 Å². The molecule has 2 unspecified atom stereocenters. The molecule has 2 heterocycles. The number of amides is 1. The molecular formula is C18H35N3O2. The zero-order chi connectivity index (χ0) is 17.0. The van der Waals surface area contributed by atoms with E-state index in [1.54, 1.807) is 0 Å². The van der Waals surface area contributed by atoms with Gasteiger partial charge < -0.3 is 15.0 Å². The van der Waals surface area contributed by atoms with Gasteiger partial charge in [0.15, 0.2) is 0 Å². The number of nitrogens with one attached hydrogen (secondary N) is 1. The first-order valence-corrected chi connectivity index (χ1v) is 9.20. The second-order valence-corrected chi connectivity index (χ2v) is 8.40. The van der Waals surface area contributed by atoms with Crippen LogP contribution in [0.5, 0.6) is 0 Å². The third-order valence-electron chi connectivity index (χ3n) is 4.87. The van der Waals surface area contributed by atoms with E-state index in [0.29, 0.717) is 18.0 Å². The van der Waals surface area contributed by atoms with Crippen LogP contribution in [0.25, 0.3) is 0 Å². The van der Waals surface area contributed by atoms with Gasteiger partial charge >= 0.3 is 6.09 Å². The van der Waals surface area contributed by atoms with Gasteiger partial charge in [0.05, 0.1) is 0 Å². The van der Waals surface area contributed by atoms with E-state index in [0.717, 1.165) is 32.5 Å². The van der Waals surface area contributed by atoms with E-state index >= 15 is 0 Å². The summed E-state index contributed by atoms with van der Waals surface area (Å²) in [5.41, 5.74) is -0.401. The highest BCUT2D eigenvalue weighted by molar-refractivity contribution is 5.68. The summed E-state index contributed by atoms with van der Waals surface area (Å²) in [6.45, 7) is 15.4. The largest absolute Gasteiger partial charge is 0.444 e. The average Bonchev–Trinajstić information content (AvgIpc) is 3.05. The van der Waals surface area contributed by atoms with Crippen LogP contribution in [0.4, 0.5) is 4.79 Å². The van der Waals surface area contributed by atoms with Crippen molar-refractivity contribution >= 4 is 6.09 Å². The molecule has 2 rings (SSSR count). The molecule has 1 N–H and O–H groups in total. The van der Waals surface area contributed by atoms with Crippen molar-refractivity contribution in [2.75, 3.05) is 32.7 Å². The van der Waals surface area contributed by atoms with Crippen molar-refractivity contribution < 1.29 is 9.53 Å². The van der Waals surface area contributed by atoms with Gasteiger partial charge in [0, 0.05) is 31.7 Å². The Hall–Kier alpha value is -0.810. The van der Waals surface area contributed by atoms with Gasteiger partial charge in [-0.25, -0.2) is 4.79 Å². The SMILES string of the molecule is CC(C)N1CCC(NCCC2CCN(C(=O)OC(C)(C)C)C2)C1. The summed E-state index contributed by atoms with van der Waals surface area (Å²) < 4.78 is 5.46. The number of carbonyl (C=O) groups is 1. The van der Waals surface area contributed by atoms with Crippen LogP contribution in [-0.2, 0) is 4.74 Å². The van der Waals surface area contributed by atoms with E-state index < -0.39 is 5.60 Å². The Balaban J connectivity index is 1.62. The highest BCUT2D eigenvalue weighted by Gasteiger charge is 2.30. The van der Waals surface area contributed by atoms with Crippen molar-refractivity contribution in [3.05, 3.63) is 0 Å². The van der Waals surface area contributed by atoms with Crippen LogP contribution in [0.1, 0.15) is 53.9 Å². The molecule has 0 spiro atoms. The van der Waals surface area contributed by atoms with Crippen LogP contribution in [0.3, 0.4) is 0 Å². The molecule has 134 valence electrons. The van der Waals surface area contributed by atoms with Gasteiger partial charge in [0.2, 0.25) is 0 Å². The van der Waals surface area contributed by atoms with Crippen LogP contribution < -0.4 is 5.32 Å². The molecule has 0 saturated carbocycles. The molecular weight excluding hydrogens is 290 g/mol. The standard InChI is InChI=1S/C18H35N3O2/c1-14(2)20-11-8-16(13-20)19-9-6-15-7-10-21(12-15)17(22)23-18(3,4)5/h14-16,19H,6-13H2,1-5H3. The van der Waals surface area contributed by atoms with Crippen molar-refractivity contribution in [3.8, 4) is 0 Å². The first kappa shape index (κ1) is 18.5. The van der Waals surface area contributed by atoms with Gasteiger partial charge in [-0.15, -0.1) is 0 Å². The molecule has 0 radical (unpaired) electrons. The van der Waals surface area contributed by atoms with Gasteiger partial charge in [0.25, 0.3) is 0 Å². The third kappa shape index (κ3) is 5.96. The van der Waals surface area contributed by atoms with Crippen LogP contribution in [0.15, 0.2) is 0 Å². The minimum absolute atomic E-state index is 0.156. The Morgan fingerprint density at radius 2 is 1.96 bits per heavy atom. The van der Waals surface area contributed by atoms with E-state index in [1.165, 1.54) is 19.5 Å². The van der Waals surface area contributed by atoms with Crippen molar-refractivity contribution in [2.24, 2.45) is 5.92 Å². The van der Waals surface area contributed by atoms with Gasteiger partial charge in [-0.1, -0.05) is 0 Å². The summed E-state index contributed by atoms with van der Waals surface area (Å²) in [6, 6.07) is 1.29. The third-order valence-corrected chi connectivity index (χ3v) is 4.87. The van der Waals surface area contributed by atoms with Gasteiger partial charge in [-0.2, -0.15) is 0 Å². The number of hydrogen-bond acceptors (Lipinski definition) is 4. The molecule has 2 aliphatic rings. The highest BCUT2D eigenvalue weighted by Crippen LogP contribution is 2.22. The molecule has 2 fully saturated rings. The van der Waals surface area contributed by atoms with Crippen molar-refractivity contribution in [2.45, 2.75) is 71.6 Å². The van der Waals surface area contributed by atoms with Crippen LogP contribution in [-0.4, -0.2) is 66.3 Å². The zero-order valence-corrected chi connectivity index (χ0v) is 15.6. The lowest BCUT2D eigenvalue weighted by atomic mass is 10.0. The number of carbonyl (C=O) groups excluding carboxylic acids is 1. The van der Waals surface area contributed by atoms with Crippen molar-refractivity contribution in [1.82, 2.24) is 15.1 Å². The predicted molar refractivity (Wildman–Crippen MR) is 93.6 cm³/mol. The molecule has 0 aliphatic carbocycles. The first-order chi connectivity index (χ1) is 10.7. The Labute approximate surface area is 141 Å². The highest BCUT2D eigenvalue weighted by atomic mass is 16.6. The molecule has 1 amide bonds. The van der Waals surface area contributed by atoms with Crippen molar-refractivity contribution in [3.63, 3.8) is 0 Å². The quantitative estimate of drug-likeness (QED) is 0.844. The maximum absolute atomic E-state index is 12.1. The van der Waals surface area contributed by atoms with E-state index in [9.17, 15) is 4.79 Å². The molecule has 0 bridgehead atoms. The van der Waals surface area contributed by atoms with E-state index in [1.807, 2.05) is 25.7 Å². The molecule has 5 nitrogen and oxygen atoms in total. The molecule has 2 aliphatic heterocycles.